The van der Waals surface area contributed by atoms with Gasteiger partial charge in [0, 0.05) is 36.1 Å². The van der Waals surface area contributed by atoms with E-state index in [1.165, 1.54) is 16.4 Å². The molecule has 0 amide bonds. The molecule has 2 aliphatic heterocycles. The summed E-state index contributed by atoms with van der Waals surface area (Å²) in [5.74, 6) is 1.13. The highest BCUT2D eigenvalue weighted by atomic mass is 32.2. The Balaban J connectivity index is 1.56. The highest BCUT2D eigenvalue weighted by molar-refractivity contribution is 8.14. The van der Waals surface area contributed by atoms with Gasteiger partial charge in [-0.3, -0.25) is 9.98 Å². The predicted molar refractivity (Wildman–Crippen MR) is 111 cm³/mol. The van der Waals surface area contributed by atoms with Crippen LogP contribution in [0.4, 0.5) is 0 Å². The molecule has 2 aromatic heterocycles. The van der Waals surface area contributed by atoms with E-state index in [1.807, 2.05) is 24.0 Å². The Bertz CT molecular complexity index is 951. The Morgan fingerprint density at radius 2 is 1.93 bits per heavy atom. The minimum absolute atomic E-state index is 0.0506. The molecule has 136 valence electrons. The van der Waals surface area contributed by atoms with E-state index in [1.54, 1.807) is 0 Å². The van der Waals surface area contributed by atoms with Crippen LogP contribution < -0.4 is 0 Å². The molecule has 5 heteroatoms. The fourth-order valence-corrected chi connectivity index (χ4v) is 5.40. The molecule has 3 aromatic rings. The molecule has 1 saturated heterocycles. The van der Waals surface area contributed by atoms with Crippen LogP contribution in [0.15, 0.2) is 78.2 Å². The van der Waals surface area contributed by atoms with Crippen molar-refractivity contribution in [3.8, 4) is 5.69 Å². The van der Waals surface area contributed by atoms with Crippen LogP contribution >= 0.6 is 11.8 Å². The van der Waals surface area contributed by atoms with Crippen LogP contribution in [0.3, 0.4) is 0 Å². The van der Waals surface area contributed by atoms with Crippen LogP contribution in [0.25, 0.3) is 5.69 Å². The minimum Gasteiger partial charge on any atom is -0.338 e. The zero-order valence-electron chi connectivity index (χ0n) is 15.3. The largest absolute Gasteiger partial charge is 0.338 e. The molecule has 2 aliphatic rings. The van der Waals surface area contributed by atoms with Gasteiger partial charge >= 0.3 is 0 Å². The number of rotatable bonds is 4. The summed E-state index contributed by atoms with van der Waals surface area (Å²) in [5, 5.41) is 1.18. The van der Waals surface area contributed by atoms with Crippen molar-refractivity contribution in [1.82, 2.24) is 14.5 Å². The van der Waals surface area contributed by atoms with Gasteiger partial charge < -0.3 is 9.47 Å². The summed E-state index contributed by atoms with van der Waals surface area (Å²) in [6.07, 6.45) is 7.42. The number of aromatic nitrogens is 2. The lowest BCUT2D eigenvalue weighted by Crippen LogP contribution is -2.35. The van der Waals surface area contributed by atoms with E-state index in [2.05, 4.69) is 82.3 Å². The van der Waals surface area contributed by atoms with E-state index in [-0.39, 0.29) is 12.1 Å². The minimum atomic E-state index is 0.0506. The van der Waals surface area contributed by atoms with Crippen molar-refractivity contribution in [2.75, 3.05) is 5.75 Å². The maximum Gasteiger partial charge on any atom is 0.160 e. The highest BCUT2D eigenvalue weighted by Crippen LogP contribution is 2.48. The number of thioether (sulfide) groups is 1. The first-order valence-electron chi connectivity index (χ1n) is 9.48. The lowest BCUT2D eigenvalue weighted by atomic mass is 9.97. The van der Waals surface area contributed by atoms with Crippen molar-refractivity contribution in [2.45, 2.75) is 31.5 Å². The first-order chi connectivity index (χ1) is 13.3. The van der Waals surface area contributed by atoms with Crippen LogP contribution in [-0.2, 0) is 0 Å². The molecule has 0 saturated carbocycles. The van der Waals surface area contributed by atoms with Crippen LogP contribution in [-0.4, -0.2) is 31.4 Å². The van der Waals surface area contributed by atoms with E-state index in [0.717, 1.165) is 17.9 Å². The van der Waals surface area contributed by atoms with Crippen molar-refractivity contribution < 1.29 is 0 Å². The normalized spacial score (nSPS) is 24.1. The summed E-state index contributed by atoms with van der Waals surface area (Å²) < 4.78 is 2.20. The Hall–Kier alpha value is -2.53. The summed E-state index contributed by atoms with van der Waals surface area (Å²) in [4.78, 5) is 12.3. The van der Waals surface area contributed by atoms with Crippen molar-refractivity contribution in [2.24, 2.45) is 4.99 Å². The number of amidine groups is 1. The van der Waals surface area contributed by atoms with Gasteiger partial charge in [-0.1, -0.05) is 43.0 Å². The third-order valence-electron chi connectivity index (χ3n) is 5.44. The molecule has 4 nitrogen and oxygen atoms in total. The Morgan fingerprint density at radius 1 is 1.07 bits per heavy atom. The number of para-hydroxylation sites is 1. The predicted octanol–water partition coefficient (Wildman–Crippen LogP) is 4.85. The van der Waals surface area contributed by atoms with Gasteiger partial charge in [0.1, 0.15) is 6.04 Å². The van der Waals surface area contributed by atoms with E-state index < -0.39 is 0 Å². The molecule has 1 fully saturated rings. The molecule has 0 bridgehead atoms. The van der Waals surface area contributed by atoms with Crippen LogP contribution in [0, 0.1) is 0 Å². The Labute approximate surface area is 164 Å². The number of nitrogens with zero attached hydrogens (tertiary/aromatic N) is 4. The van der Waals surface area contributed by atoms with Crippen molar-refractivity contribution in [1.29, 1.82) is 0 Å². The molecule has 0 radical (unpaired) electrons. The molecule has 5 rings (SSSR count). The van der Waals surface area contributed by atoms with Gasteiger partial charge in [0.05, 0.1) is 11.7 Å². The summed E-state index contributed by atoms with van der Waals surface area (Å²) in [5.41, 5.74) is 3.53. The SMILES string of the molecule is CC[C@H]1CSC2=N[C@H](c3ccccn3)[C@@H](c3ccn(-c4ccccc4)c3)N21. The average Bonchev–Trinajstić information content (AvgIpc) is 3.44. The van der Waals surface area contributed by atoms with Gasteiger partial charge in [-0.25, -0.2) is 0 Å². The number of benzene rings is 1. The van der Waals surface area contributed by atoms with Gasteiger partial charge in [0.2, 0.25) is 0 Å². The summed E-state index contributed by atoms with van der Waals surface area (Å²) in [6.45, 7) is 2.27. The standard InChI is InChI=1S/C22H22N4S/c1-2-17-15-27-22-24-20(19-10-6-7-12-23-19)21(26(17)22)16-11-13-25(14-16)18-8-4-3-5-9-18/h3-14,17,20-21H,2,15H2,1H3/t17-,20+,21+/m0/s1. The van der Waals surface area contributed by atoms with Gasteiger partial charge in [-0.05, 0) is 42.3 Å². The molecule has 0 unspecified atom stereocenters. The zero-order chi connectivity index (χ0) is 18.2. The molecule has 27 heavy (non-hydrogen) atoms. The van der Waals surface area contributed by atoms with E-state index >= 15 is 0 Å². The number of hydrogen-bond acceptors (Lipinski definition) is 4. The number of fused-ring (bicyclic) bond motifs is 1. The maximum atomic E-state index is 5.09. The molecule has 0 spiro atoms. The fourth-order valence-electron chi connectivity index (χ4n) is 4.06. The molecule has 3 atom stereocenters. The van der Waals surface area contributed by atoms with Crippen LogP contribution in [0.2, 0.25) is 0 Å². The third-order valence-corrected chi connectivity index (χ3v) is 6.57. The van der Waals surface area contributed by atoms with E-state index in [9.17, 15) is 0 Å². The topological polar surface area (TPSA) is 33.4 Å². The summed E-state index contributed by atoms with van der Waals surface area (Å²) in [6, 6.07) is 19.6. The number of aliphatic imine (C=N–C) groups is 1. The van der Waals surface area contributed by atoms with Crippen LogP contribution in [0.1, 0.15) is 36.7 Å². The van der Waals surface area contributed by atoms with E-state index in [0.29, 0.717) is 6.04 Å². The van der Waals surface area contributed by atoms with Gasteiger partial charge in [-0.15, -0.1) is 0 Å². The highest BCUT2D eigenvalue weighted by Gasteiger charge is 2.45. The molecule has 1 aromatic carbocycles. The second-order valence-electron chi connectivity index (χ2n) is 7.02. The third kappa shape index (κ3) is 2.86. The molecule has 4 heterocycles. The monoisotopic (exact) mass is 374 g/mol. The van der Waals surface area contributed by atoms with Crippen molar-refractivity contribution >= 4 is 16.9 Å². The molecular weight excluding hydrogens is 352 g/mol. The van der Waals surface area contributed by atoms with Crippen molar-refractivity contribution in [3.63, 3.8) is 0 Å². The fraction of sp³-hybridized carbons (Fsp3) is 0.273. The van der Waals surface area contributed by atoms with E-state index in [4.69, 9.17) is 4.99 Å². The molecule has 0 aliphatic carbocycles. The van der Waals surface area contributed by atoms with Gasteiger partial charge in [0.15, 0.2) is 5.17 Å². The maximum absolute atomic E-state index is 5.09. The Morgan fingerprint density at radius 3 is 2.70 bits per heavy atom. The number of pyridine rings is 1. The average molecular weight is 375 g/mol. The second-order valence-corrected chi connectivity index (χ2v) is 8.01. The summed E-state index contributed by atoms with van der Waals surface area (Å²) >= 11 is 1.89. The van der Waals surface area contributed by atoms with Gasteiger partial charge in [0.25, 0.3) is 0 Å². The Kier molecular flexibility index (Phi) is 4.24. The lowest BCUT2D eigenvalue weighted by Gasteiger charge is -2.31. The molecular formula is C22H22N4S. The van der Waals surface area contributed by atoms with Crippen molar-refractivity contribution in [3.05, 3.63) is 84.4 Å². The smallest absolute Gasteiger partial charge is 0.160 e. The number of hydrogen-bond donors (Lipinski definition) is 0. The quantitative estimate of drug-likeness (QED) is 0.654. The first-order valence-corrected chi connectivity index (χ1v) is 10.5. The first kappa shape index (κ1) is 16.6. The lowest BCUT2D eigenvalue weighted by molar-refractivity contribution is 0.255. The zero-order valence-corrected chi connectivity index (χ0v) is 16.1. The second kappa shape index (κ2) is 6.89. The summed E-state index contributed by atoms with van der Waals surface area (Å²) in [7, 11) is 0. The van der Waals surface area contributed by atoms with Gasteiger partial charge in [-0.2, -0.15) is 0 Å². The van der Waals surface area contributed by atoms with Crippen LogP contribution in [0.5, 0.6) is 0 Å². The molecule has 0 N–H and O–H groups in total.